The zero-order valence-electron chi connectivity index (χ0n) is 25.2. The number of carbonyl (C=O) groups is 1. The standard InChI is InChI=1S/C34H28F3N3O6S2/c1-46-28-16-20-30(21-17-28)48(44,45)40(23-24-8-3-2-4-9-24)32-13-6-5-12-31(32)33(41)38-26-14-18-29(19-15-26)47(42,43)39-27-11-7-10-25(22-27)34(35,36)37/h2-22,39H,23H2,1H3,(H,38,41). The van der Waals surface area contributed by atoms with Gasteiger partial charge in [0.15, 0.2) is 0 Å². The van der Waals surface area contributed by atoms with E-state index in [4.69, 9.17) is 4.74 Å². The molecule has 0 aliphatic rings. The van der Waals surface area contributed by atoms with Crippen molar-refractivity contribution in [3.05, 3.63) is 144 Å². The number of sulfonamides is 2. The number of hydrogen-bond acceptors (Lipinski definition) is 6. The number of nitrogens with zero attached hydrogens (tertiary/aromatic N) is 1. The Balaban J connectivity index is 1.41. The van der Waals surface area contributed by atoms with Crippen LogP contribution in [0.15, 0.2) is 137 Å². The van der Waals surface area contributed by atoms with Gasteiger partial charge in [0, 0.05) is 11.4 Å². The van der Waals surface area contributed by atoms with Crippen molar-refractivity contribution >= 4 is 43.0 Å². The Morgan fingerprint density at radius 1 is 0.729 bits per heavy atom. The maximum atomic E-state index is 14.0. The minimum absolute atomic E-state index is 0.0217. The summed E-state index contributed by atoms with van der Waals surface area (Å²) in [6, 6.07) is 29.6. The molecule has 9 nitrogen and oxygen atoms in total. The summed E-state index contributed by atoms with van der Waals surface area (Å²) in [7, 11) is -7.02. The summed E-state index contributed by atoms with van der Waals surface area (Å²) in [5.74, 6) is -0.208. The van der Waals surface area contributed by atoms with Crippen LogP contribution in [0.2, 0.25) is 0 Å². The number of amides is 1. The first-order valence-corrected chi connectivity index (χ1v) is 17.1. The number of para-hydroxylation sites is 1. The Morgan fingerprint density at radius 3 is 2.00 bits per heavy atom. The van der Waals surface area contributed by atoms with Gasteiger partial charge >= 0.3 is 6.18 Å². The van der Waals surface area contributed by atoms with E-state index in [1.165, 1.54) is 73.8 Å². The second-order valence-electron chi connectivity index (χ2n) is 10.4. The summed E-state index contributed by atoms with van der Waals surface area (Å²) >= 11 is 0. The van der Waals surface area contributed by atoms with Gasteiger partial charge in [-0.25, -0.2) is 16.8 Å². The summed E-state index contributed by atoms with van der Waals surface area (Å²) in [5.41, 5.74) is -0.322. The highest BCUT2D eigenvalue weighted by Gasteiger charge is 2.31. The number of nitrogens with one attached hydrogen (secondary N) is 2. The Hall–Kier alpha value is -5.34. The number of methoxy groups -OCH3 is 1. The van der Waals surface area contributed by atoms with Gasteiger partial charge in [-0.15, -0.1) is 0 Å². The SMILES string of the molecule is COc1ccc(S(=O)(=O)N(Cc2ccccc2)c2ccccc2C(=O)Nc2ccc(S(=O)(=O)Nc3cccc(C(F)(F)F)c3)cc2)cc1. The molecule has 1 amide bonds. The number of alkyl halides is 3. The van der Waals surface area contributed by atoms with Crippen LogP contribution in [0.25, 0.3) is 0 Å². The zero-order valence-corrected chi connectivity index (χ0v) is 26.8. The fourth-order valence-corrected chi connectivity index (χ4v) is 7.22. The Bertz CT molecular complexity index is 2130. The van der Waals surface area contributed by atoms with E-state index in [9.17, 15) is 34.8 Å². The third-order valence-electron chi connectivity index (χ3n) is 7.10. The zero-order chi connectivity index (χ0) is 34.5. The van der Waals surface area contributed by atoms with Crippen LogP contribution in [0, 0.1) is 0 Å². The number of anilines is 3. The van der Waals surface area contributed by atoms with Crippen molar-refractivity contribution in [1.29, 1.82) is 0 Å². The van der Waals surface area contributed by atoms with Crippen LogP contribution in [0.5, 0.6) is 5.75 Å². The van der Waals surface area contributed by atoms with E-state index in [2.05, 4.69) is 10.0 Å². The second-order valence-corrected chi connectivity index (χ2v) is 13.9. The van der Waals surface area contributed by atoms with Crippen molar-refractivity contribution in [3.63, 3.8) is 0 Å². The average Bonchev–Trinajstić information content (AvgIpc) is 3.07. The van der Waals surface area contributed by atoms with Crippen molar-refractivity contribution in [2.24, 2.45) is 0 Å². The molecule has 5 aromatic carbocycles. The lowest BCUT2D eigenvalue weighted by atomic mass is 10.1. The molecule has 0 aromatic heterocycles. The summed E-state index contributed by atoms with van der Waals surface area (Å²) in [5, 5.41) is 2.66. The highest BCUT2D eigenvalue weighted by atomic mass is 32.2. The van der Waals surface area contributed by atoms with Crippen LogP contribution in [0.4, 0.5) is 30.2 Å². The van der Waals surface area contributed by atoms with E-state index in [-0.39, 0.29) is 39.0 Å². The van der Waals surface area contributed by atoms with Crippen molar-refractivity contribution in [1.82, 2.24) is 0 Å². The summed E-state index contributed by atoms with van der Waals surface area (Å²) in [4.78, 5) is 13.3. The third kappa shape index (κ3) is 7.78. The smallest absolute Gasteiger partial charge is 0.416 e. The van der Waals surface area contributed by atoms with Gasteiger partial charge in [0.25, 0.3) is 26.0 Å². The van der Waals surface area contributed by atoms with Crippen molar-refractivity contribution in [3.8, 4) is 5.75 Å². The molecule has 5 rings (SSSR count). The largest absolute Gasteiger partial charge is 0.497 e. The van der Waals surface area contributed by atoms with Gasteiger partial charge in [-0.1, -0.05) is 48.5 Å². The van der Waals surface area contributed by atoms with Crippen LogP contribution in [-0.2, 0) is 32.8 Å². The van der Waals surface area contributed by atoms with Gasteiger partial charge in [-0.3, -0.25) is 13.8 Å². The van der Waals surface area contributed by atoms with E-state index < -0.39 is 37.7 Å². The van der Waals surface area contributed by atoms with Gasteiger partial charge in [0.05, 0.1) is 40.3 Å². The van der Waals surface area contributed by atoms with Gasteiger partial charge in [-0.05, 0) is 84.4 Å². The van der Waals surface area contributed by atoms with Crippen molar-refractivity contribution in [2.75, 3.05) is 21.5 Å². The van der Waals surface area contributed by atoms with Gasteiger partial charge in [-0.2, -0.15) is 13.2 Å². The molecule has 0 saturated heterocycles. The lowest BCUT2D eigenvalue weighted by molar-refractivity contribution is -0.137. The molecule has 0 unspecified atom stereocenters. The lowest BCUT2D eigenvalue weighted by Crippen LogP contribution is -2.32. The van der Waals surface area contributed by atoms with Crippen LogP contribution >= 0.6 is 0 Å². The summed E-state index contributed by atoms with van der Waals surface area (Å²) in [6.45, 7) is -0.0923. The number of hydrogen-bond donors (Lipinski definition) is 2. The number of carbonyl (C=O) groups excluding carboxylic acids is 1. The van der Waals surface area contributed by atoms with Crippen LogP contribution in [-0.4, -0.2) is 29.9 Å². The molecular formula is C34H28F3N3O6S2. The maximum absolute atomic E-state index is 14.0. The Morgan fingerprint density at radius 2 is 1.35 bits per heavy atom. The number of rotatable bonds is 11. The number of ether oxygens (including phenoxy) is 1. The molecule has 0 saturated carbocycles. The molecule has 0 aliphatic heterocycles. The monoisotopic (exact) mass is 695 g/mol. The normalized spacial score (nSPS) is 11.8. The minimum Gasteiger partial charge on any atom is -0.497 e. The molecule has 2 N–H and O–H groups in total. The summed E-state index contributed by atoms with van der Waals surface area (Å²) < 4.78 is 101. The Labute approximate surface area is 275 Å². The van der Waals surface area contributed by atoms with E-state index in [1.54, 1.807) is 42.5 Å². The summed E-state index contributed by atoms with van der Waals surface area (Å²) in [6.07, 6.45) is -4.65. The fraction of sp³-hybridized carbons (Fsp3) is 0.0882. The molecule has 48 heavy (non-hydrogen) atoms. The molecule has 0 bridgehead atoms. The van der Waals surface area contributed by atoms with E-state index >= 15 is 0 Å². The molecule has 5 aromatic rings. The first-order chi connectivity index (χ1) is 22.8. The van der Waals surface area contributed by atoms with Gasteiger partial charge in [0.1, 0.15) is 5.75 Å². The maximum Gasteiger partial charge on any atom is 0.416 e. The molecule has 0 spiro atoms. The van der Waals surface area contributed by atoms with Crippen molar-refractivity contribution in [2.45, 2.75) is 22.5 Å². The van der Waals surface area contributed by atoms with Crippen LogP contribution < -0.4 is 19.1 Å². The molecule has 14 heteroatoms. The fourth-order valence-electron chi connectivity index (χ4n) is 4.70. The Kier molecular flexibility index (Phi) is 9.77. The molecule has 0 atom stereocenters. The molecular weight excluding hydrogens is 668 g/mol. The van der Waals surface area contributed by atoms with Gasteiger partial charge < -0.3 is 10.1 Å². The first kappa shape index (κ1) is 34.0. The van der Waals surface area contributed by atoms with Crippen molar-refractivity contribution < 1.29 is 39.5 Å². The quantitative estimate of drug-likeness (QED) is 0.151. The number of benzene rings is 5. The first-order valence-electron chi connectivity index (χ1n) is 14.2. The lowest BCUT2D eigenvalue weighted by Gasteiger charge is -2.26. The molecule has 0 radical (unpaired) electrons. The topological polar surface area (TPSA) is 122 Å². The predicted octanol–water partition coefficient (Wildman–Crippen LogP) is 7.16. The minimum atomic E-state index is -4.65. The number of halogens is 3. The molecule has 0 fully saturated rings. The van der Waals surface area contributed by atoms with E-state index in [0.717, 1.165) is 16.4 Å². The highest BCUT2D eigenvalue weighted by molar-refractivity contribution is 7.93. The predicted molar refractivity (Wildman–Crippen MR) is 176 cm³/mol. The second kappa shape index (κ2) is 13.8. The van der Waals surface area contributed by atoms with Crippen LogP contribution in [0.1, 0.15) is 21.5 Å². The van der Waals surface area contributed by atoms with Crippen LogP contribution in [0.3, 0.4) is 0 Å². The third-order valence-corrected chi connectivity index (χ3v) is 10.3. The molecule has 0 heterocycles. The highest BCUT2D eigenvalue weighted by Crippen LogP contribution is 2.32. The molecule has 0 aliphatic carbocycles. The molecule has 248 valence electrons. The van der Waals surface area contributed by atoms with E-state index in [1.807, 2.05) is 0 Å². The average molecular weight is 696 g/mol. The van der Waals surface area contributed by atoms with Gasteiger partial charge in [0.2, 0.25) is 0 Å². The van der Waals surface area contributed by atoms with E-state index in [0.29, 0.717) is 17.4 Å².